The Bertz CT molecular complexity index is 488. The summed E-state index contributed by atoms with van der Waals surface area (Å²) in [7, 11) is -3.77. The smallest absolute Gasteiger partial charge is 0.324 e. The van der Waals surface area contributed by atoms with Gasteiger partial charge in [0.05, 0.1) is 12.4 Å². The van der Waals surface area contributed by atoms with Gasteiger partial charge in [-0.3, -0.25) is 9.78 Å². The zero-order chi connectivity index (χ0) is 13.6. The number of aliphatic hydroxyl groups is 1. The molecule has 1 atom stereocenters. The Morgan fingerprint density at radius 2 is 2.17 bits per heavy atom. The molecule has 1 heterocycles. The van der Waals surface area contributed by atoms with Crippen LogP contribution in [0.1, 0.15) is 5.69 Å². The minimum Gasteiger partial charge on any atom is -0.480 e. The molecule has 0 amide bonds. The van der Waals surface area contributed by atoms with E-state index in [0.717, 1.165) is 0 Å². The lowest BCUT2D eigenvalue weighted by Gasteiger charge is -2.11. The van der Waals surface area contributed by atoms with Gasteiger partial charge >= 0.3 is 5.97 Å². The number of carboxylic acid groups (broad SMARTS) is 1. The van der Waals surface area contributed by atoms with Crippen molar-refractivity contribution in [3.8, 4) is 0 Å². The number of nitrogens with one attached hydrogen (secondary N) is 1. The predicted molar refractivity (Wildman–Crippen MR) is 63.4 cm³/mol. The van der Waals surface area contributed by atoms with E-state index in [4.69, 9.17) is 10.2 Å². The molecule has 0 fully saturated rings. The van der Waals surface area contributed by atoms with Crippen LogP contribution in [0, 0.1) is 0 Å². The number of nitrogens with zero attached hydrogens (tertiary/aromatic N) is 1. The number of hydrogen-bond donors (Lipinski definition) is 3. The van der Waals surface area contributed by atoms with Gasteiger partial charge in [0.1, 0.15) is 6.04 Å². The van der Waals surface area contributed by atoms with E-state index < -0.39 is 28.6 Å². The average Bonchev–Trinajstić information content (AvgIpc) is 2.35. The fourth-order valence-electron chi connectivity index (χ4n) is 1.23. The minimum atomic E-state index is -3.77. The van der Waals surface area contributed by atoms with Crippen molar-refractivity contribution in [2.24, 2.45) is 0 Å². The zero-order valence-corrected chi connectivity index (χ0v) is 10.3. The van der Waals surface area contributed by atoms with Gasteiger partial charge in [-0.1, -0.05) is 6.07 Å². The van der Waals surface area contributed by atoms with Crippen LogP contribution in [-0.2, 0) is 21.2 Å². The zero-order valence-electron chi connectivity index (χ0n) is 9.48. The van der Waals surface area contributed by atoms with Gasteiger partial charge in [-0.25, -0.2) is 8.42 Å². The Morgan fingerprint density at radius 3 is 2.67 bits per heavy atom. The van der Waals surface area contributed by atoms with E-state index in [1.165, 1.54) is 0 Å². The summed E-state index contributed by atoms with van der Waals surface area (Å²) < 4.78 is 25.0. The molecular weight excluding hydrogens is 260 g/mol. The number of aliphatic carboxylic acids is 1. The van der Waals surface area contributed by atoms with E-state index in [0.29, 0.717) is 5.69 Å². The fourth-order valence-corrected chi connectivity index (χ4v) is 2.43. The van der Waals surface area contributed by atoms with Crippen LogP contribution in [0.2, 0.25) is 0 Å². The molecule has 0 aliphatic heterocycles. The number of aromatic nitrogens is 1. The summed E-state index contributed by atoms with van der Waals surface area (Å²) in [6, 6.07) is 3.60. The lowest BCUT2D eigenvalue weighted by molar-refractivity contribution is -0.139. The summed E-state index contributed by atoms with van der Waals surface area (Å²) in [6.45, 7) is -0.794. The lowest BCUT2D eigenvalue weighted by Crippen LogP contribution is -2.44. The summed E-state index contributed by atoms with van der Waals surface area (Å²) in [6.07, 6.45) is 1.72. The fraction of sp³-hybridized carbons (Fsp3) is 0.400. The van der Waals surface area contributed by atoms with Crippen LogP contribution >= 0.6 is 0 Å². The van der Waals surface area contributed by atoms with E-state index in [1.807, 2.05) is 4.72 Å². The second-order valence-electron chi connectivity index (χ2n) is 3.58. The number of hydrogen-bond acceptors (Lipinski definition) is 5. The van der Waals surface area contributed by atoms with Gasteiger partial charge in [-0.2, -0.15) is 4.72 Å². The highest BCUT2D eigenvalue weighted by molar-refractivity contribution is 7.89. The van der Waals surface area contributed by atoms with E-state index in [1.54, 1.807) is 24.4 Å². The minimum absolute atomic E-state index is 0.175. The topological polar surface area (TPSA) is 117 Å². The number of aryl methyl sites for hydroxylation is 1. The first kappa shape index (κ1) is 14.6. The molecule has 0 spiro atoms. The van der Waals surface area contributed by atoms with Crippen molar-refractivity contribution in [3.63, 3.8) is 0 Å². The van der Waals surface area contributed by atoms with Crippen molar-refractivity contribution in [2.75, 3.05) is 12.4 Å². The molecule has 100 valence electrons. The van der Waals surface area contributed by atoms with Gasteiger partial charge in [0.25, 0.3) is 0 Å². The lowest BCUT2D eigenvalue weighted by atomic mass is 10.3. The SMILES string of the molecule is O=C(O)[C@H](CO)NS(=O)(=O)CCc1ccccn1. The molecule has 1 aromatic heterocycles. The van der Waals surface area contributed by atoms with Crippen LogP contribution in [0.4, 0.5) is 0 Å². The Labute approximate surface area is 105 Å². The molecule has 8 heteroatoms. The molecule has 7 nitrogen and oxygen atoms in total. The van der Waals surface area contributed by atoms with Crippen molar-refractivity contribution >= 4 is 16.0 Å². The summed E-state index contributed by atoms with van der Waals surface area (Å²) in [5, 5.41) is 17.3. The maximum atomic E-state index is 11.6. The van der Waals surface area contributed by atoms with Gasteiger partial charge < -0.3 is 10.2 Å². The molecule has 1 aromatic rings. The Hall–Kier alpha value is -1.51. The molecular formula is C10H14N2O5S. The molecule has 0 saturated heterocycles. The molecule has 0 aliphatic rings. The molecule has 0 radical (unpaired) electrons. The first-order valence-corrected chi connectivity index (χ1v) is 6.83. The van der Waals surface area contributed by atoms with Gasteiger partial charge in [0.2, 0.25) is 10.0 Å². The van der Waals surface area contributed by atoms with E-state index in [2.05, 4.69) is 4.98 Å². The normalized spacial score (nSPS) is 13.2. The Morgan fingerprint density at radius 1 is 1.44 bits per heavy atom. The summed E-state index contributed by atoms with van der Waals surface area (Å²) in [4.78, 5) is 14.5. The van der Waals surface area contributed by atoms with E-state index in [9.17, 15) is 13.2 Å². The number of carbonyl (C=O) groups is 1. The standard InChI is InChI=1S/C10H14N2O5S/c13-7-9(10(14)15)12-18(16,17)6-4-8-3-1-2-5-11-8/h1-3,5,9,12-13H,4,6-7H2,(H,14,15)/t9-/m0/s1. The quantitative estimate of drug-likeness (QED) is 0.586. The van der Waals surface area contributed by atoms with Crippen molar-refractivity contribution in [2.45, 2.75) is 12.5 Å². The highest BCUT2D eigenvalue weighted by Crippen LogP contribution is 1.98. The van der Waals surface area contributed by atoms with Crippen LogP contribution in [0.3, 0.4) is 0 Å². The van der Waals surface area contributed by atoms with Crippen LogP contribution in [0.25, 0.3) is 0 Å². The third-order valence-electron chi connectivity index (χ3n) is 2.16. The van der Waals surface area contributed by atoms with Gasteiger partial charge in [0, 0.05) is 18.3 Å². The third-order valence-corrected chi connectivity index (χ3v) is 3.54. The van der Waals surface area contributed by atoms with Gasteiger partial charge in [0.15, 0.2) is 0 Å². The van der Waals surface area contributed by atoms with Crippen LogP contribution in [0.5, 0.6) is 0 Å². The number of pyridine rings is 1. The maximum Gasteiger partial charge on any atom is 0.324 e. The van der Waals surface area contributed by atoms with Crippen LogP contribution < -0.4 is 4.72 Å². The van der Waals surface area contributed by atoms with Crippen molar-refractivity contribution in [1.82, 2.24) is 9.71 Å². The van der Waals surface area contributed by atoms with E-state index in [-0.39, 0.29) is 12.2 Å². The highest BCUT2D eigenvalue weighted by Gasteiger charge is 2.22. The maximum absolute atomic E-state index is 11.6. The van der Waals surface area contributed by atoms with Crippen LogP contribution in [-0.4, -0.2) is 48.0 Å². The summed E-state index contributed by atoms with van der Waals surface area (Å²) in [5.41, 5.74) is 0.596. The van der Waals surface area contributed by atoms with Gasteiger partial charge in [-0.15, -0.1) is 0 Å². The molecule has 18 heavy (non-hydrogen) atoms. The molecule has 0 bridgehead atoms. The van der Waals surface area contributed by atoms with Gasteiger partial charge in [-0.05, 0) is 12.1 Å². The van der Waals surface area contributed by atoms with Crippen molar-refractivity contribution in [3.05, 3.63) is 30.1 Å². The van der Waals surface area contributed by atoms with E-state index >= 15 is 0 Å². The van der Waals surface area contributed by atoms with Crippen molar-refractivity contribution in [1.29, 1.82) is 0 Å². The third kappa shape index (κ3) is 4.78. The molecule has 0 aliphatic carbocycles. The predicted octanol–water partition coefficient (Wildman–Crippen LogP) is -1.01. The largest absolute Gasteiger partial charge is 0.480 e. The summed E-state index contributed by atoms with van der Waals surface area (Å²) in [5.74, 6) is -1.70. The first-order chi connectivity index (χ1) is 8.44. The molecule has 0 aromatic carbocycles. The second-order valence-corrected chi connectivity index (χ2v) is 5.45. The average molecular weight is 274 g/mol. The second kappa shape index (κ2) is 6.43. The van der Waals surface area contributed by atoms with Crippen LogP contribution in [0.15, 0.2) is 24.4 Å². The Balaban J connectivity index is 2.57. The molecule has 3 N–H and O–H groups in total. The van der Waals surface area contributed by atoms with Crippen molar-refractivity contribution < 1.29 is 23.4 Å². The monoisotopic (exact) mass is 274 g/mol. The molecule has 1 rings (SSSR count). The highest BCUT2D eigenvalue weighted by atomic mass is 32.2. The summed E-state index contributed by atoms with van der Waals surface area (Å²) >= 11 is 0. The number of aliphatic hydroxyl groups excluding tert-OH is 1. The molecule has 0 saturated carbocycles. The molecule has 0 unspecified atom stereocenters. The Kier molecular flexibility index (Phi) is 5.20. The first-order valence-electron chi connectivity index (χ1n) is 5.18. The number of carboxylic acids is 1. The number of sulfonamides is 1. The number of rotatable bonds is 7.